The molecule has 0 aliphatic heterocycles. The lowest BCUT2D eigenvalue weighted by Gasteiger charge is -2.12. The molecule has 0 atom stereocenters. The molecule has 9 nitrogen and oxygen atoms in total. The number of rotatable bonds is 7. The van der Waals surface area contributed by atoms with Crippen LogP contribution in [0.3, 0.4) is 0 Å². The maximum absolute atomic E-state index is 13.2. The largest absolute Gasteiger partial charge is 0.465 e. The van der Waals surface area contributed by atoms with Gasteiger partial charge < -0.3 is 24.1 Å². The molecule has 31 heavy (non-hydrogen) atoms. The van der Waals surface area contributed by atoms with Crippen LogP contribution in [-0.2, 0) is 20.8 Å². The Labute approximate surface area is 180 Å². The van der Waals surface area contributed by atoms with Gasteiger partial charge in [-0.05, 0) is 51.5 Å². The number of hydrogen-bond donors (Lipinski definition) is 1. The predicted molar refractivity (Wildman–Crippen MR) is 113 cm³/mol. The summed E-state index contributed by atoms with van der Waals surface area (Å²) < 4.78 is 16.3. The van der Waals surface area contributed by atoms with Gasteiger partial charge in [0.1, 0.15) is 5.69 Å². The van der Waals surface area contributed by atoms with Crippen molar-refractivity contribution in [3.63, 3.8) is 0 Å². The fourth-order valence-electron chi connectivity index (χ4n) is 3.45. The maximum atomic E-state index is 13.2. The van der Waals surface area contributed by atoms with Gasteiger partial charge in [-0.3, -0.25) is 4.79 Å². The number of amides is 1. The molecule has 2 rings (SSSR count). The predicted octanol–water partition coefficient (Wildman–Crippen LogP) is 3.13. The number of nitrogens with one attached hydrogen (secondary N) is 1. The number of hydrogen-bond acceptors (Lipinski definition) is 7. The molecule has 0 bridgehead atoms. The molecule has 166 valence electrons. The molecule has 9 heteroatoms. The zero-order valence-corrected chi connectivity index (χ0v) is 18.5. The number of nitrogens with zero attached hydrogens (tertiary/aromatic N) is 1. The van der Waals surface area contributed by atoms with Crippen LogP contribution in [0.4, 0.5) is 5.69 Å². The second kappa shape index (κ2) is 9.92. The lowest BCUT2D eigenvalue weighted by Crippen LogP contribution is -2.18. The van der Waals surface area contributed by atoms with E-state index in [2.05, 4.69) is 5.32 Å². The Hall–Kier alpha value is -3.62. The number of carbonyl (C=O) groups is 4. The molecule has 2 aromatic rings. The van der Waals surface area contributed by atoms with Gasteiger partial charge in [0.05, 0.1) is 43.2 Å². The Morgan fingerprint density at radius 3 is 2.16 bits per heavy atom. The second-order valence-corrected chi connectivity index (χ2v) is 6.60. The van der Waals surface area contributed by atoms with Gasteiger partial charge in [0.25, 0.3) is 5.91 Å². The van der Waals surface area contributed by atoms with Gasteiger partial charge >= 0.3 is 17.9 Å². The molecule has 0 saturated heterocycles. The van der Waals surface area contributed by atoms with Crippen LogP contribution < -0.4 is 5.32 Å². The Kier molecular flexibility index (Phi) is 7.57. The van der Waals surface area contributed by atoms with E-state index in [-0.39, 0.29) is 29.0 Å². The second-order valence-electron chi connectivity index (χ2n) is 6.60. The Morgan fingerprint density at radius 2 is 1.61 bits per heavy atom. The van der Waals surface area contributed by atoms with Crippen molar-refractivity contribution in [2.45, 2.75) is 34.2 Å². The standard InChI is InChI=1S/C22H26N2O7/c1-7-24-13(4)17(12(3)18(24)22(28)31-8-2)19(25)23-16-11-14(20(26)29-5)9-10-15(16)21(27)30-6/h9-11H,7-8H2,1-6H3,(H,23,25). The topological polar surface area (TPSA) is 113 Å². The normalized spacial score (nSPS) is 10.4. The molecule has 0 unspecified atom stereocenters. The third-order valence-electron chi connectivity index (χ3n) is 4.87. The first-order chi connectivity index (χ1) is 14.7. The SMILES string of the molecule is CCOC(=O)c1c(C)c(C(=O)Nc2cc(C(=O)OC)ccc2C(=O)OC)c(C)n1CC. The quantitative estimate of drug-likeness (QED) is 0.530. The van der Waals surface area contributed by atoms with E-state index >= 15 is 0 Å². The van der Waals surface area contributed by atoms with Crippen LogP contribution in [0.5, 0.6) is 0 Å². The average Bonchev–Trinajstić information content (AvgIpc) is 3.01. The van der Waals surface area contributed by atoms with Crippen LogP contribution in [0.25, 0.3) is 0 Å². The zero-order valence-electron chi connectivity index (χ0n) is 18.5. The van der Waals surface area contributed by atoms with E-state index in [9.17, 15) is 19.2 Å². The number of methoxy groups -OCH3 is 2. The molecule has 0 aliphatic rings. The van der Waals surface area contributed by atoms with Gasteiger partial charge in [-0.2, -0.15) is 0 Å². The van der Waals surface area contributed by atoms with Gasteiger partial charge in [0, 0.05) is 12.2 Å². The molecule has 1 N–H and O–H groups in total. The summed E-state index contributed by atoms with van der Waals surface area (Å²) >= 11 is 0. The first-order valence-corrected chi connectivity index (χ1v) is 9.70. The van der Waals surface area contributed by atoms with Gasteiger partial charge in [-0.25, -0.2) is 14.4 Å². The van der Waals surface area contributed by atoms with Gasteiger partial charge in [0.2, 0.25) is 0 Å². The number of anilines is 1. The van der Waals surface area contributed by atoms with E-state index in [0.717, 1.165) is 0 Å². The van der Waals surface area contributed by atoms with E-state index in [0.29, 0.717) is 23.5 Å². The third kappa shape index (κ3) is 4.60. The molecule has 1 amide bonds. The average molecular weight is 430 g/mol. The number of esters is 3. The summed E-state index contributed by atoms with van der Waals surface area (Å²) in [6.45, 7) is 7.60. The van der Waals surface area contributed by atoms with Crippen LogP contribution in [0.2, 0.25) is 0 Å². The van der Waals surface area contributed by atoms with Crippen LogP contribution in [0.15, 0.2) is 18.2 Å². The molecular formula is C22H26N2O7. The molecular weight excluding hydrogens is 404 g/mol. The van der Waals surface area contributed by atoms with Gasteiger partial charge in [0.15, 0.2) is 0 Å². The van der Waals surface area contributed by atoms with Crippen molar-refractivity contribution >= 4 is 29.5 Å². The molecule has 0 aliphatic carbocycles. The molecule has 0 fully saturated rings. The maximum Gasteiger partial charge on any atom is 0.355 e. The highest BCUT2D eigenvalue weighted by molar-refractivity contribution is 6.11. The molecule has 0 saturated carbocycles. The summed E-state index contributed by atoms with van der Waals surface area (Å²) in [6.07, 6.45) is 0. The van der Waals surface area contributed by atoms with E-state index in [1.807, 2.05) is 6.92 Å². The van der Waals surface area contributed by atoms with Crippen LogP contribution in [0.1, 0.15) is 66.7 Å². The summed E-state index contributed by atoms with van der Waals surface area (Å²) in [5.41, 5.74) is 1.91. The molecule has 0 spiro atoms. The first-order valence-electron chi connectivity index (χ1n) is 9.70. The summed E-state index contributed by atoms with van der Waals surface area (Å²) in [4.78, 5) is 49.7. The van der Waals surface area contributed by atoms with Crippen molar-refractivity contribution in [1.82, 2.24) is 4.57 Å². The van der Waals surface area contributed by atoms with Crippen LogP contribution >= 0.6 is 0 Å². The fourth-order valence-corrected chi connectivity index (χ4v) is 3.45. The monoisotopic (exact) mass is 430 g/mol. The van der Waals surface area contributed by atoms with Crippen molar-refractivity contribution in [3.05, 3.63) is 51.8 Å². The number of ether oxygens (including phenoxy) is 3. The van der Waals surface area contributed by atoms with Crippen molar-refractivity contribution in [3.8, 4) is 0 Å². The van der Waals surface area contributed by atoms with Gasteiger partial charge in [-0.1, -0.05) is 0 Å². The summed E-state index contributed by atoms with van der Waals surface area (Å²) in [5, 5.41) is 2.67. The minimum Gasteiger partial charge on any atom is -0.465 e. The van der Waals surface area contributed by atoms with Crippen molar-refractivity contribution in [1.29, 1.82) is 0 Å². The van der Waals surface area contributed by atoms with E-state index in [1.54, 1.807) is 25.3 Å². The Bertz CT molecular complexity index is 1040. The molecule has 1 aromatic heterocycles. The number of benzene rings is 1. The first kappa shape index (κ1) is 23.7. The zero-order chi connectivity index (χ0) is 23.3. The Morgan fingerprint density at radius 1 is 0.968 bits per heavy atom. The van der Waals surface area contributed by atoms with Crippen LogP contribution in [0, 0.1) is 13.8 Å². The van der Waals surface area contributed by atoms with Crippen LogP contribution in [-0.4, -0.2) is 49.2 Å². The van der Waals surface area contributed by atoms with E-state index in [4.69, 9.17) is 14.2 Å². The highest BCUT2D eigenvalue weighted by Crippen LogP contribution is 2.26. The summed E-state index contributed by atoms with van der Waals surface area (Å²) in [5.74, 6) is -2.37. The highest BCUT2D eigenvalue weighted by Gasteiger charge is 2.27. The minimum atomic E-state index is -0.682. The smallest absolute Gasteiger partial charge is 0.355 e. The fraction of sp³-hybridized carbons (Fsp3) is 0.364. The summed E-state index contributed by atoms with van der Waals surface area (Å²) in [6, 6.07) is 4.11. The lowest BCUT2D eigenvalue weighted by molar-refractivity contribution is 0.0511. The van der Waals surface area contributed by atoms with Crippen molar-refractivity contribution in [2.24, 2.45) is 0 Å². The number of aromatic nitrogens is 1. The third-order valence-corrected chi connectivity index (χ3v) is 4.87. The Balaban J connectivity index is 2.56. The molecule has 0 radical (unpaired) electrons. The van der Waals surface area contributed by atoms with E-state index in [1.165, 1.54) is 32.4 Å². The summed E-state index contributed by atoms with van der Waals surface area (Å²) in [7, 11) is 2.44. The lowest BCUT2D eigenvalue weighted by atomic mass is 10.1. The minimum absolute atomic E-state index is 0.0688. The van der Waals surface area contributed by atoms with Gasteiger partial charge in [-0.15, -0.1) is 0 Å². The number of carbonyl (C=O) groups excluding carboxylic acids is 4. The molecule has 1 aromatic carbocycles. The van der Waals surface area contributed by atoms with Crippen molar-refractivity contribution in [2.75, 3.05) is 26.1 Å². The van der Waals surface area contributed by atoms with E-state index < -0.39 is 23.8 Å². The highest BCUT2D eigenvalue weighted by atomic mass is 16.5. The van der Waals surface area contributed by atoms with Crippen molar-refractivity contribution < 1.29 is 33.4 Å². The molecule has 1 heterocycles.